The van der Waals surface area contributed by atoms with Crippen LogP contribution in [0.2, 0.25) is 0 Å². The van der Waals surface area contributed by atoms with Gasteiger partial charge in [-0.2, -0.15) is 0 Å². The number of nitrogens with one attached hydrogen (secondary N) is 1. The zero-order chi connectivity index (χ0) is 19.5. The second kappa shape index (κ2) is 5.86. The van der Waals surface area contributed by atoms with Gasteiger partial charge in [-0.1, -0.05) is 54.6 Å². The first-order valence-electron chi connectivity index (χ1n) is 9.48. The molecule has 0 saturated heterocycles. The second-order valence-electron chi connectivity index (χ2n) is 7.76. The van der Waals surface area contributed by atoms with Crippen molar-refractivity contribution in [1.29, 1.82) is 0 Å². The highest BCUT2D eigenvalue weighted by Crippen LogP contribution is 2.47. The number of benzene rings is 2. The normalized spacial score (nSPS) is 25.6. The molecule has 4 nitrogen and oxygen atoms in total. The van der Waals surface area contributed by atoms with Crippen LogP contribution in [-0.4, -0.2) is 23.6 Å². The van der Waals surface area contributed by atoms with E-state index in [1.165, 1.54) is 0 Å². The Morgan fingerprint density at radius 3 is 2.54 bits per heavy atom. The van der Waals surface area contributed by atoms with Gasteiger partial charge in [0.15, 0.2) is 11.6 Å². The molecule has 3 unspecified atom stereocenters. The summed E-state index contributed by atoms with van der Waals surface area (Å²) in [7, 11) is 1.84. The lowest BCUT2D eigenvalue weighted by Crippen LogP contribution is -2.39. The smallest absolute Gasteiger partial charge is 0.160 e. The highest BCUT2D eigenvalue weighted by Gasteiger charge is 2.56. The van der Waals surface area contributed by atoms with Crippen LogP contribution in [0.4, 0.5) is 5.69 Å². The van der Waals surface area contributed by atoms with Crippen LogP contribution in [0.5, 0.6) is 0 Å². The molecule has 0 bridgehead atoms. The van der Waals surface area contributed by atoms with E-state index in [1.807, 2.05) is 80.7 Å². The number of hydrogen-bond donors (Lipinski definition) is 1. The number of pyridine rings is 1. The minimum absolute atomic E-state index is 0.0629. The summed E-state index contributed by atoms with van der Waals surface area (Å²) in [5, 5.41) is 6.13. The standard InChI is InChI=1S/C24H20N2O2/c1-24-13-16-7-4-3-6-15(16)12-17(24)22(27)20(23(24)28)18-11-10-14-8-5-9-19(25-2)21(14)26-18/h3-13,17,20,25H,1-2H3. The fourth-order valence-electron chi connectivity index (χ4n) is 4.59. The molecule has 5 rings (SSSR count). The molecule has 1 heterocycles. The van der Waals surface area contributed by atoms with Crippen molar-refractivity contribution in [3.63, 3.8) is 0 Å². The van der Waals surface area contributed by atoms with E-state index in [2.05, 4.69) is 5.32 Å². The fourth-order valence-corrected chi connectivity index (χ4v) is 4.59. The van der Waals surface area contributed by atoms with E-state index in [9.17, 15) is 9.59 Å². The van der Waals surface area contributed by atoms with Gasteiger partial charge in [-0.05, 0) is 29.5 Å². The van der Waals surface area contributed by atoms with E-state index in [0.717, 1.165) is 27.0 Å². The molecule has 2 aliphatic carbocycles. The minimum Gasteiger partial charge on any atom is -0.386 e. The highest BCUT2D eigenvalue weighted by molar-refractivity contribution is 6.22. The van der Waals surface area contributed by atoms with Gasteiger partial charge in [0.05, 0.1) is 28.2 Å². The third kappa shape index (κ3) is 2.21. The molecule has 138 valence electrons. The Bertz CT molecular complexity index is 1280. The molecule has 0 radical (unpaired) electrons. The lowest BCUT2D eigenvalue weighted by atomic mass is 9.75. The molecule has 3 atom stereocenters. The fraction of sp³-hybridized carbons (Fsp3) is 0.208. The van der Waals surface area contributed by atoms with E-state index >= 15 is 0 Å². The van der Waals surface area contributed by atoms with Gasteiger partial charge in [0, 0.05) is 12.4 Å². The minimum atomic E-state index is -0.828. The molecule has 1 aromatic heterocycles. The summed E-state index contributed by atoms with van der Waals surface area (Å²) in [6, 6.07) is 17.5. The number of nitrogens with zero attached hydrogens (tertiary/aromatic N) is 1. The van der Waals surface area contributed by atoms with E-state index in [0.29, 0.717) is 5.69 Å². The maximum atomic E-state index is 13.4. The van der Waals surface area contributed by atoms with E-state index < -0.39 is 17.3 Å². The third-order valence-corrected chi connectivity index (χ3v) is 6.13. The molecule has 2 aliphatic rings. The summed E-state index contributed by atoms with van der Waals surface area (Å²) >= 11 is 0. The van der Waals surface area contributed by atoms with Crippen molar-refractivity contribution in [2.75, 3.05) is 12.4 Å². The number of ketones is 2. The van der Waals surface area contributed by atoms with Crippen LogP contribution in [0.25, 0.3) is 23.1 Å². The monoisotopic (exact) mass is 368 g/mol. The first kappa shape index (κ1) is 16.9. The highest BCUT2D eigenvalue weighted by atomic mass is 16.2. The zero-order valence-corrected chi connectivity index (χ0v) is 15.8. The number of carbonyl (C=O) groups is 2. The molecule has 4 heteroatoms. The van der Waals surface area contributed by atoms with Gasteiger partial charge in [0.25, 0.3) is 0 Å². The van der Waals surface area contributed by atoms with Crippen LogP contribution in [0.3, 0.4) is 0 Å². The molecule has 0 aliphatic heterocycles. The zero-order valence-electron chi connectivity index (χ0n) is 15.8. The maximum Gasteiger partial charge on any atom is 0.160 e. The number of fused-ring (bicyclic) bond motifs is 3. The summed E-state index contributed by atoms with van der Waals surface area (Å²) in [6.07, 6.45) is 3.92. The van der Waals surface area contributed by atoms with Crippen molar-refractivity contribution in [2.45, 2.75) is 12.8 Å². The number of para-hydroxylation sites is 1. The number of rotatable bonds is 2. The van der Waals surface area contributed by atoms with Crippen LogP contribution >= 0.6 is 0 Å². The predicted octanol–water partition coefficient (Wildman–Crippen LogP) is 2.41. The maximum absolute atomic E-state index is 13.4. The Hall–Kier alpha value is -3.27. The summed E-state index contributed by atoms with van der Waals surface area (Å²) in [5.74, 6) is -1.41. The predicted molar refractivity (Wildman–Crippen MR) is 110 cm³/mol. The quantitative estimate of drug-likeness (QED) is 0.706. The number of anilines is 1. The van der Waals surface area contributed by atoms with Crippen LogP contribution in [0.1, 0.15) is 18.5 Å². The Balaban J connectivity index is 1.67. The van der Waals surface area contributed by atoms with Crippen molar-refractivity contribution in [3.8, 4) is 0 Å². The largest absolute Gasteiger partial charge is 0.386 e. The van der Waals surface area contributed by atoms with E-state index in [4.69, 9.17) is 4.98 Å². The molecule has 1 fully saturated rings. The first-order valence-corrected chi connectivity index (χ1v) is 9.48. The van der Waals surface area contributed by atoms with Gasteiger partial charge in [-0.15, -0.1) is 0 Å². The topological polar surface area (TPSA) is 59.1 Å². The number of aromatic nitrogens is 1. The average molecular weight is 368 g/mol. The van der Waals surface area contributed by atoms with Crippen molar-refractivity contribution in [1.82, 2.24) is 4.98 Å². The SMILES string of the molecule is CNc1cccc2ccc(C3C(=O)C4C=c5ccccc5=CC4(C)C3=O)nc12. The van der Waals surface area contributed by atoms with Crippen LogP contribution in [0.15, 0.2) is 54.6 Å². The van der Waals surface area contributed by atoms with Gasteiger partial charge >= 0.3 is 0 Å². The van der Waals surface area contributed by atoms with Crippen molar-refractivity contribution in [3.05, 3.63) is 70.7 Å². The van der Waals surface area contributed by atoms with E-state index in [1.54, 1.807) is 0 Å². The Morgan fingerprint density at radius 1 is 0.964 bits per heavy atom. The van der Waals surface area contributed by atoms with Gasteiger partial charge in [0.1, 0.15) is 5.92 Å². The van der Waals surface area contributed by atoms with Crippen LogP contribution < -0.4 is 15.8 Å². The second-order valence-corrected chi connectivity index (χ2v) is 7.76. The molecule has 1 N–H and O–H groups in total. The summed E-state index contributed by atoms with van der Waals surface area (Å²) < 4.78 is 0. The number of hydrogen-bond acceptors (Lipinski definition) is 4. The Morgan fingerprint density at radius 2 is 1.75 bits per heavy atom. The van der Waals surface area contributed by atoms with E-state index in [-0.39, 0.29) is 11.6 Å². The van der Waals surface area contributed by atoms with Gasteiger partial charge < -0.3 is 5.32 Å². The van der Waals surface area contributed by atoms with Crippen LogP contribution in [-0.2, 0) is 9.59 Å². The van der Waals surface area contributed by atoms with Crippen molar-refractivity contribution < 1.29 is 9.59 Å². The van der Waals surface area contributed by atoms with Gasteiger partial charge in [-0.3, -0.25) is 9.59 Å². The summed E-state index contributed by atoms with van der Waals surface area (Å²) in [4.78, 5) is 31.5. The molecular formula is C24H20N2O2. The lowest BCUT2D eigenvalue weighted by Gasteiger charge is -2.25. The van der Waals surface area contributed by atoms with Crippen LogP contribution in [0, 0.1) is 11.3 Å². The molecule has 28 heavy (non-hydrogen) atoms. The summed E-state index contributed by atoms with van der Waals surface area (Å²) in [5.41, 5.74) is 1.37. The van der Waals surface area contributed by atoms with Crippen molar-refractivity contribution in [2.24, 2.45) is 11.3 Å². The lowest BCUT2D eigenvalue weighted by molar-refractivity contribution is -0.125. The first-order chi connectivity index (χ1) is 13.5. The van der Waals surface area contributed by atoms with Gasteiger partial charge in [-0.25, -0.2) is 4.98 Å². The Kier molecular flexibility index (Phi) is 3.53. The molecule has 3 aromatic rings. The van der Waals surface area contributed by atoms with Gasteiger partial charge in [0.2, 0.25) is 0 Å². The average Bonchev–Trinajstić information content (AvgIpc) is 2.91. The number of carbonyl (C=O) groups excluding carboxylic acids is 2. The molecular weight excluding hydrogens is 348 g/mol. The number of Topliss-reactive ketones (excluding diaryl/α,β-unsaturated/α-hetero) is 2. The molecule has 0 spiro atoms. The summed E-state index contributed by atoms with van der Waals surface area (Å²) in [6.45, 7) is 1.88. The van der Waals surface area contributed by atoms with Crippen molar-refractivity contribution >= 4 is 40.3 Å². The third-order valence-electron chi connectivity index (χ3n) is 6.13. The molecule has 1 saturated carbocycles. The molecule has 2 aromatic carbocycles. The molecule has 0 amide bonds. The Labute approximate surface area is 162 Å².